The maximum absolute atomic E-state index is 12.7. The first-order chi connectivity index (χ1) is 16.1. The summed E-state index contributed by atoms with van der Waals surface area (Å²) in [6, 6.07) is 19.5. The van der Waals surface area contributed by atoms with Crippen LogP contribution in [0.5, 0.6) is 0 Å². The zero-order valence-electron chi connectivity index (χ0n) is 17.9. The van der Waals surface area contributed by atoms with E-state index in [1.165, 1.54) is 0 Å². The quantitative estimate of drug-likeness (QED) is 0.453. The third kappa shape index (κ3) is 4.67. The van der Waals surface area contributed by atoms with Gasteiger partial charge in [-0.2, -0.15) is 5.10 Å². The summed E-state index contributed by atoms with van der Waals surface area (Å²) in [5.74, 6) is 0.144. The number of benzene rings is 2. The number of aromatic nitrogens is 1. The molecule has 1 saturated heterocycles. The van der Waals surface area contributed by atoms with E-state index in [1.807, 2.05) is 24.3 Å². The third-order valence-electron chi connectivity index (χ3n) is 6.64. The van der Waals surface area contributed by atoms with Gasteiger partial charge in [-0.15, -0.1) is 0 Å². The van der Waals surface area contributed by atoms with Crippen molar-refractivity contribution in [2.24, 2.45) is 16.9 Å². The molecule has 2 aliphatic rings. The molecule has 0 spiro atoms. The van der Waals surface area contributed by atoms with Gasteiger partial charge >= 0.3 is 0 Å². The Bertz CT molecular complexity index is 1090. The number of pyridine rings is 1. The van der Waals surface area contributed by atoms with E-state index in [0.717, 1.165) is 36.1 Å². The van der Waals surface area contributed by atoms with Crippen molar-refractivity contribution in [2.75, 3.05) is 0 Å². The van der Waals surface area contributed by atoms with Crippen LogP contribution in [0.25, 0.3) is 0 Å². The number of nitrogens with one attached hydrogen (secondary N) is 2. The molecule has 1 amide bonds. The van der Waals surface area contributed by atoms with Gasteiger partial charge in [0.05, 0.1) is 0 Å². The van der Waals surface area contributed by atoms with Gasteiger partial charge in [-0.25, -0.2) is 5.43 Å². The summed E-state index contributed by atoms with van der Waals surface area (Å²) in [6.45, 7) is 0. The summed E-state index contributed by atoms with van der Waals surface area (Å²) < 4.78 is 0. The van der Waals surface area contributed by atoms with Gasteiger partial charge < -0.3 is 5.32 Å². The number of hydrazone groups is 1. The molecule has 5 nitrogen and oxygen atoms in total. The van der Waals surface area contributed by atoms with Crippen molar-refractivity contribution >= 4 is 34.8 Å². The van der Waals surface area contributed by atoms with E-state index >= 15 is 0 Å². The lowest BCUT2D eigenvalue weighted by Gasteiger charge is -2.47. The fraction of sp³-hybridized carbons (Fsp3) is 0.269. The summed E-state index contributed by atoms with van der Waals surface area (Å²) >= 11 is 12.3. The minimum absolute atomic E-state index is 0.0658. The predicted molar refractivity (Wildman–Crippen MR) is 131 cm³/mol. The number of hydrogen-bond acceptors (Lipinski definition) is 4. The average Bonchev–Trinajstić information content (AvgIpc) is 2.84. The Morgan fingerprint density at radius 1 is 0.848 bits per heavy atom. The van der Waals surface area contributed by atoms with E-state index in [4.69, 9.17) is 28.3 Å². The van der Waals surface area contributed by atoms with Crippen molar-refractivity contribution in [3.8, 4) is 0 Å². The van der Waals surface area contributed by atoms with Crippen molar-refractivity contribution in [3.63, 3.8) is 0 Å². The van der Waals surface area contributed by atoms with Crippen LogP contribution in [0.1, 0.15) is 52.8 Å². The molecule has 7 heteroatoms. The van der Waals surface area contributed by atoms with Gasteiger partial charge in [-0.3, -0.25) is 9.78 Å². The number of carbonyl (C=O) groups is 1. The number of nitrogens with zero attached hydrogens (tertiary/aromatic N) is 2. The highest BCUT2D eigenvalue weighted by Gasteiger charge is 2.45. The largest absolute Gasteiger partial charge is 0.302 e. The summed E-state index contributed by atoms with van der Waals surface area (Å²) in [7, 11) is 0. The first-order valence-electron chi connectivity index (χ1n) is 11.1. The minimum atomic E-state index is -0.229. The number of amides is 1. The van der Waals surface area contributed by atoms with Crippen LogP contribution in [-0.4, -0.2) is 16.6 Å². The van der Waals surface area contributed by atoms with Gasteiger partial charge in [0, 0.05) is 57.6 Å². The third-order valence-corrected chi connectivity index (χ3v) is 7.15. The topological polar surface area (TPSA) is 66.4 Å². The monoisotopic (exact) mass is 478 g/mol. The standard InChI is InChI=1S/C26H24Cl2N4O/c27-19-8-4-16(5-9-19)23-21-2-1-3-22(24(30-23)17-6-10-20(28)11-7-17)25(21)31-32-26(33)18-12-14-29-15-13-18/h4-15,21-24,30H,1-3H2,(H,32,33)/t21?,22?,23-,24+. The van der Waals surface area contributed by atoms with E-state index in [-0.39, 0.29) is 29.8 Å². The fourth-order valence-corrected chi connectivity index (χ4v) is 5.33. The van der Waals surface area contributed by atoms with Crippen LogP contribution in [0.4, 0.5) is 0 Å². The molecule has 1 saturated carbocycles. The maximum atomic E-state index is 12.7. The Kier molecular flexibility index (Phi) is 6.45. The second-order valence-electron chi connectivity index (χ2n) is 8.58. The number of halogens is 2. The maximum Gasteiger partial charge on any atom is 0.271 e. The number of piperidine rings is 1. The minimum Gasteiger partial charge on any atom is -0.302 e. The van der Waals surface area contributed by atoms with Crippen LogP contribution < -0.4 is 10.7 Å². The molecular weight excluding hydrogens is 455 g/mol. The molecule has 2 bridgehead atoms. The number of carbonyl (C=O) groups excluding carboxylic acids is 1. The van der Waals surface area contributed by atoms with Gasteiger partial charge in [0.15, 0.2) is 0 Å². The highest BCUT2D eigenvalue weighted by molar-refractivity contribution is 6.30. The second kappa shape index (κ2) is 9.64. The van der Waals surface area contributed by atoms with Gasteiger partial charge in [-0.05, 0) is 60.4 Å². The highest BCUT2D eigenvalue weighted by Crippen LogP contribution is 2.46. The molecule has 2 N–H and O–H groups in total. The molecule has 0 radical (unpaired) electrons. The lowest BCUT2D eigenvalue weighted by atomic mass is 9.67. The Hall–Kier alpha value is -2.73. The molecular formula is C26H24Cl2N4O. The molecule has 2 fully saturated rings. The Balaban J connectivity index is 1.52. The molecule has 2 unspecified atom stereocenters. The van der Waals surface area contributed by atoms with Gasteiger partial charge in [-0.1, -0.05) is 53.9 Å². The van der Waals surface area contributed by atoms with Crippen molar-refractivity contribution < 1.29 is 4.79 Å². The predicted octanol–water partition coefficient (Wildman–Crippen LogP) is 5.98. The zero-order valence-corrected chi connectivity index (χ0v) is 19.4. The van der Waals surface area contributed by atoms with Crippen LogP contribution in [-0.2, 0) is 0 Å². The first kappa shape index (κ1) is 22.1. The summed E-state index contributed by atoms with van der Waals surface area (Å²) in [5.41, 5.74) is 6.72. The molecule has 1 aromatic heterocycles. The smallest absolute Gasteiger partial charge is 0.271 e. The molecule has 4 atom stereocenters. The molecule has 5 rings (SSSR count). The van der Waals surface area contributed by atoms with Crippen LogP contribution in [0, 0.1) is 11.8 Å². The molecule has 1 aliphatic heterocycles. The summed E-state index contributed by atoms with van der Waals surface area (Å²) in [5, 5.41) is 10.0. The van der Waals surface area contributed by atoms with E-state index in [9.17, 15) is 4.79 Å². The normalized spacial score (nSPS) is 25.6. The zero-order chi connectivity index (χ0) is 22.8. The van der Waals surface area contributed by atoms with Crippen LogP contribution in [0.3, 0.4) is 0 Å². The lowest BCUT2D eigenvalue weighted by molar-refractivity contribution is 0.0953. The van der Waals surface area contributed by atoms with Gasteiger partial charge in [0.1, 0.15) is 0 Å². The SMILES string of the molecule is O=C(NN=C1C2CCCC1[C@H](c1ccc(Cl)cc1)N[C@@H]2c1ccc(Cl)cc1)c1ccncc1. The highest BCUT2D eigenvalue weighted by atomic mass is 35.5. The first-order valence-corrected chi connectivity index (χ1v) is 11.9. The Morgan fingerprint density at radius 2 is 1.36 bits per heavy atom. The van der Waals surface area contributed by atoms with Crippen molar-refractivity contribution in [1.29, 1.82) is 0 Å². The van der Waals surface area contributed by atoms with E-state index in [1.54, 1.807) is 24.5 Å². The molecule has 33 heavy (non-hydrogen) atoms. The molecule has 2 heterocycles. The number of rotatable bonds is 4. The number of hydrogen-bond donors (Lipinski definition) is 2. The molecule has 1 aliphatic carbocycles. The molecule has 3 aromatic rings. The molecule has 2 aromatic carbocycles. The number of fused-ring (bicyclic) bond motifs is 2. The van der Waals surface area contributed by atoms with Crippen LogP contribution in [0.2, 0.25) is 10.0 Å². The van der Waals surface area contributed by atoms with Crippen LogP contribution >= 0.6 is 23.2 Å². The lowest BCUT2D eigenvalue weighted by Crippen LogP contribution is -2.51. The van der Waals surface area contributed by atoms with E-state index < -0.39 is 0 Å². The van der Waals surface area contributed by atoms with E-state index in [0.29, 0.717) is 15.6 Å². The van der Waals surface area contributed by atoms with E-state index in [2.05, 4.69) is 40.0 Å². The molecule has 168 valence electrons. The van der Waals surface area contributed by atoms with Crippen molar-refractivity contribution in [3.05, 3.63) is 99.8 Å². The van der Waals surface area contributed by atoms with Gasteiger partial charge in [0.25, 0.3) is 5.91 Å². The average molecular weight is 479 g/mol. The van der Waals surface area contributed by atoms with Gasteiger partial charge in [0.2, 0.25) is 0 Å². The van der Waals surface area contributed by atoms with Crippen molar-refractivity contribution in [1.82, 2.24) is 15.7 Å². The van der Waals surface area contributed by atoms with Crippen molar-refractivity contribution in [2.45, 2.75) is 31.3 Å². The fourth-order valence-electron chi connectivity index (χ4n) is 5.08. The second-order valence-corrected chi connectivity index (χ2v) is 9.46. The Morgan fingerprint density at radius 3 is 1.88 bits per heavy atom. The summed E-state index contributed by atoms with van der Waals surface area (Å²) in [6.07, 6.45) is 6.34. The Labute approximate surface area is 203 Å². The van der Waals surface area contributed by atoms with Crippen LogP contribution in [0.15, 0.2) is 78.2 Å². The summed E-state index contributed by atoms with van der Waals surface area (Å²) in [4.78, 5) is 16.7.